The maximum Gasteiger partial charge on any atom is 0.241 e. The Morgan fingerprint density at radius 1 is 1.20 bits per heavy atom. The normalized spacial score (nSPS) is 11.2. The van der Waals surface area contributed by atoms with Crippen molar-refractivity contribution >= 4 is 33.2 Å². The lowest BCUT2D eigenvalue weighted by molar-refractivity contribution is -0.119. The van der Waals surface area contributed by atoms with Crippen LogP contribution in [0.1, 0.15) is 5.56 Å². The molecule has 0 aliphatic heterocycles. The Labute approximate surface area is 149 Å². The second-order valence-electron chi connectivity index (χ2n) is 5.23. The van der Waals surface area contributed by atoms with E-state index >= 15 is 0 Å². The van der Waals surface area contributed by atoms with Crippen molar-refractivity contribution in [3.63, 3.8) is 0 Å². The van der Waals surface area contributed by atoms with Gasteiger partial charge < -0.3 is 5.32 Å². The molecule has 0 heterocycles. The Hall–Kier alpha value is -2.19. The molecule has 0 saturated carbocycles. The monoisotopic (exact) mass is 388 g/mol. The zero-order valence-electron chi connectivity index (χ0n) is 13.2. The summed E-state index contributed by atoms with van der Waals surface area (Å²) in [4.78, 5) is 12.1. The SMILES string of the molecule is CS(=O)(=O)N(CC(=O)NCc1ccccc1Cl)c1ccc(F)cc1F. The van der Waals surface area contributed by atoms with Gasteiger partial charge in [-0.15, -0.1) is 0 Å². The van der Waals surface area contributed by atoms with Gasteiger partial charge in [-0.05, 0) is 23.8 Å². The highest BCUT2D eigenvalue weighted by Gasteiger charge is 2.24. The first-order chi connectivity index (χ1) is 11.7. The van der Waals surface area contributed by atoms with Crippen LogP contribution in [0.15, 0.2) is 42.5 Å². The molecule has 0 spiro atoms. The number of carbonyl (C=O) groups is 1. The van der Waals surface area contributed by atoms with Crippen molar-refractivity contribution in [2.75, 3.05) is 17.1 Å². The van der Waals surface area contributed by atoms with Crippen molar-refractivity contribution in [1.29, 1.82) is 0 Å². The molecule has 134 valence electrons. The molecule has 0 aliphatic rings. The van der Waals surface area contributed by atoms with E-state index in [0.29, 0.717) is 21.0 Å². The van der Waals surface area contributed by atoms with E-state index in [-0.39, 0.29) is 6.54 Å². The smallest absolute Gasteiger partial charge is 0.241 e. The first-order valence-corrected chi connectivity index (χ1v) is 9.34. The standard InChI is InChI=1S/C16H15ClF2N2O3S/c1-25(23,24)21(15-7-6-12(18)8-14(15)19)10-16(22)20-9-11-4-2-3-5-13(11)17/h2-8H,9-10H2,1H3,(H,20,22). The number of halogens is 3. The van der Waals surface area contributed by atoms with Crippen molar-refractivity contribution < 1.29 is 22.0 Å². The molecule has 0 saturated heterocycles. The van der Waals surface area contributed by atoms with Crippen LogP contribution in [0.2, 0.25) is 5.02 Å². The number of carbonyl (C=O) groups excluding carboxylic acids is 1. The van der Waals surface area contributed by atoms with Gasteiger partial charge in [0.2, 0.25) is 15.9 Å². The first kappa shape index (κ1) is 19.1. The zero-order chi connectivity index (χ0) is 18.6. The minimum Gasteiger partial charge on any atom is -0.350 e. The number of nitrogens with zero attached hydrogens (tertiary/aromatic N) is 1. The van der Waals surface area contributed by atoms with E-state index in [1.54, 1.807) is 24.3 Å². The lowest BCUT2D eigenvalue weighted by atomic mass is 10.2. The van der Waals surface area contributed by atoms with Gasteiger partial charge >= 0.3 is 0 Å². The molecule has 0 fully saturated rings. The van der Waals surface area contributed by atoms with Crippen LogP contribution in [0.4, 0.5) is 14.5 Å². The number of anilines is 1. The first-order valence-electron chi connectivity index (χ1n) is 7.11. The molecule has 2 rings (SSSR count). The summed E-state index contributed by atoms with van der Waals surface area (Å²) in [5.74, 6) is -2.59. The van der Waals surface area contributed by atoms with Gasteiger partial charge in [-0.3, -0.25) is 9.10 Å². The summed E-state index contributed by atoms with van der Waals surface area (Å²) in [5, 5.41) is 2.97. The highest BCUT2D eigenvalue weighted by Crippen LogP contribution is 2.22. The average molecular weight is 389 g/mol. The molecule has 0 atom stereocenters. The van der Waals surface area contributed by atoms with Gasteiger partial charge in [-0.1, -0.05) is 29.8 Å². The predicted octanol–water partition coefficient (Wildman–Crippen LogP) is 2.70. The fraction of sp³-hybridized carbons (Fsp3) is 0.188. The van der Waals surface area contributed by atoms with Crippen molar-refractivity contribution in [3.05, 3.63) is 64.7 Å². The van der Waals surface area contributed by atoms with Gasteiger partial charge in [0.1, 0.15) is 18.2 Å². The van der Waals surface area contributed by atoms with E-state index < -0.39 is 39.8 Å². The van der Waals surface area contributed by atoms with Gasteiger partial charge in [-0.2, -0.15) is 0 Å². The lowest BCUT2D eigenvalue weighted by Gasteiger charge is -2.22. The van der Waals surface area contributed by atoms with E-state index in [0.717, 1.165) is 18.4 Å². The van der Waals surface area contributed by atoms with Crippen LogP contribution in [0, 0.1) is 11.6 Å². The van der Waals surface area contributed by atoms with Crippen LogP contribution in [-0.4, -0.2) is 27.1 Å². The van der Waals surface area contributed by atoms with Crippen LogP contribution in [0.5, 0.6) is 0 Å². The van der Waals surface area contributed by atoms with Gasteiger partial charge in [0.25, 0.3) is 0 Å². The third-order valence-corrected chi connectivity index (χ3v) is 4.79. The molecule has 0 aliphatic carbocycles. The molecule has 0 radical (unpaired) electrons. The largest absolute Gasteiger partial charge is 0.350 e. The van der Waals surface area contributed by atoms with Crippen molar-refractivity contribution in [2.45, 2.75) is 6.54 Å². The molecule has 9 heteroatoms. The lowest BCUT2D eigenvalue weighted by Crippen LogP contribution is -2.40. The Kier molecular flexibility index (Phi) is 5.97. The Morgan fingerprint density at radius 2 is 1.88 bits per heavy atom. The quantitative estimate of drug-likeness (QED) is 0.827. The summed E-state index contributed by atoms with van der Waals surface area (Å²) >= 11 is 5.97. The van der Waals surface area contributed by atoms with Crippen LogP contribution in [0.25, 0.3) is 0 Å². The fourth-order valence-corrected chi connectivity index (χ4v) is 3.15. The number of amides is 1. The molecule has 2 aromatic rings. The summed E-state index contributed by atoms with van der Waals surface area (Å²) in [6.07, 6.45) is 0.830. The molecule has 0 bridgehead atoms. The second-order valence-corrected chi connectivity index (χ2v) is 7.55. The van der Waals surface area contributed by atoms with Crippen LogP contribution < -0.4 is 9.62 Å². The van der Waals surface area contributed by atoms with Gasteiger partial charge in [0.15, 0.2) is 0 Å². The number of nitrogens with one attached hydrogen (secondary N) is 1. The molecular formula is C16H15ClF2N2O3S. The van der Waals surface area contributed by atoms with Crippen LogP contribution in [-0.2, 0) is 21.4 Å². The summed E-state index contributed by atoms with van der Waals surface area (Å²) in [5.41, 5.74) is 0.244. The summed E-state index contributed by atoms with van der Waals surface area (Å²) in [6.45, 7) is -0.562. The van der Waals surface area contributed by atoms with Crippen molar-refractivity contribution in [3.8, 4) is 0 Å². The zero-order valence-corrected chi connectivity index (χ0v) is 14.7. The molecule has 1 N–H and O–H groups in total. The van der Waals surface area contributed by atoms with E-state index in [4.69, 9.17) is 11.6 Å². The number of hydrogen-bond donors (Lipinski definition) is 1. The minimum atomic E-state index is -3.96. The van der Waals surface area contributed by atoms with E-state index in [1.807, 2.05) is 0 Å². The average Bonchev–Trinajstić information content (AvgIpc) is 2.51. The van der Waals surface area contributed by atoms with E-state index in [9.17, 15) is 22.0 Å². The molecule has 5 nitrogen and oxygen atoms in total. The maximum absolute atomic E-state index is 13.9. The van der Waals surface area contributed by atoms with Gasteiger partial charge in [0, 0.05) is 17.6 Å². The van der Waals surface area contributed by atoms with Crippen molar-refractivity contribution in [1.82, 2.24) is 5.32 Å². The number of rotatable bonds is 6. The molecule has 25 heavy (non-hydrogen) atoms. The third kappa shape index (κ3) is 5.14. The van der Waals surface area contributed by atoms with Crippen LogP contribution >= 0.6 is 11.6 Å². The number of hydrogen-bond acceptors (Lipinski definition) is 3. The Balaban J connectivity index is 2.15. The molecule has 0 aromatic heterocycles. The van der Waals surface area contributed by atoms with Gasteiger partial charge in [-0.25, -0.2) is 17.2 Å². The summed E-state index contributed by atoms with van der Waals surface area (Å²) in [6, 6.07) is 9.26. The van der Waals surface area contributed by atoms with E-state index in [1.165, 1.54) is 0 Å². The number of benzene rings is 2. The summed E-state index contributed by atoms with van der Waals surface area (Å²) < 4.78 is 51.3. The molecule has 0 unspecified atom stereocenters. The maximum atomic E-state index is 13.9. The second kappa shape index (κ2) is 7.79. The highest BCUT2D eigenvalue weighted by molar-refractivity contribution is 7.92. The molecule has 1 amide bonds. The Morgan fingerprint density at radius 3 is 2.48 bits per heavy atom. The molecular weight excluding hydrogens is 374 g/mol. The third-order valence-electron chi connectivity index (χ3n) is 3.30. The Bertz CT molecular complexity index is 891. The highest BCUT2D eigenvalue weighted by atomic mass is 35.5. The topological polar surface area (TPSA) is 66.5 Å². The van der Waals surface area contributed by atoms with E-state index in [2.05, 4.69) is 5.32 Å². The molecule has 2 aromatic carbocycles. The number of sulfonamides is 1. The van der Waals surface area contributed by atoms with Crippen molar-refractivity contribution in [2.24, 2.45) is 0 Å². The van der Waals surface area contributed by atoms with Crippen LogP contribution in [0.3, 0.4) is 0 Å². The summed E-state index contributed by atoms with van der Waals surface area (Å²) in [7, 11) is -3.96. The van der Waals surface area contributed by atoms with Gasteiger partial charge in [0.05, 0.1) is 11.9 Å². The minimum absolute atomic E-state index is 0.0853. The fourth-order valence-electron chi connectivity index (χ4n) is 2.09. The predicted molar refractivity (Wildman–Crippen MR) is 91.8 cm³/mol.